The van der Waals surface area contributed by atoms with Gasteiger partial charge in [0.15, 0.2) is 0 Å². The highest BCUT2D eigenvalue weighted by Crippen LogP contribution is 2.25. The summed E-state index contributed by atoms with van der Waals surface area (Å²) >= 11 is 3.41. The molecule has 0 aliphatic heterocycles. The van der Waals surface area contributed by atoms with Crippen molar-refractivity contribution in [2.75, 3.05) is 13.2 Å². The molecule has 0 bridgehead atoms. The van der Waals surface area contributed by atoms with Gasteiger partial charge in [0, 0.05) is 4.47 Å². The van der Waals surface area contributed by atoms with Gasteiger partial charge < -0.3 is 10.1 Å². The van der Waals surface area contributed by atoms with Crippen LogP contribution in [0.3, 0.4) is 0 Å². The number of nitrogens with one attached hydrogen (secondary N) is 1. The van der Waals surface area contributed by atoms with Gasteiger partial charge in [0.2, 0.25) is 0 Å². The molecule has 2 nitrogen and oxygen atoms in total. The highest BCUT2D eigenvalue weighted by Gasteiger charge is 2.15. The Balaban J connectivity index is 2.79. The summed E-state index contributed by atoms with van der Waals surface area (Å²) in [7, 11) is 0. The van der Waals surface area contributed by atoms with E-state index in [0.29, 0.717) is 6.61 Å². The Morgan fingerprint density at radius 3 is 2.67 bits per heavy atom. The number of rotatable bonds is 7. The van der Waals surface area contributed by atoms with Crippen LogP contribution in [0.5, 0.6) is 0 Å². The van der Waals surface area contributed by atoms with Crippen LogP contribution in [-0.4, -0.2) is 19.3 Å². The molecule has 1 N–H and O–H groups in total. The second kappa shape index (κ2) is 7.87. The maximum absolute atomic E-state index is 13.1. The van der Waals surface area contributed by atoms with Crippen molar-refractivity contribution < 1.29 is 9.13 Å². The molecular weight excluding hydrogens is 297 g/mol. The van der Waals surface area contributed by atoms with Gasteiger partial charge in [-0.3, -0.25) is 0 Å². The van der Waals surface area contributed by atoms with Crippen LogP contribution in [0.1, 0.15) is 38.8 Å². The van der Waals surface area contributed by atoms with E-state index in [0.717, 1.165) is 23.0 Å². The number of ether oxygens (including phenoxy) is 1. The average molecular weight is 318 g/mol. The Hall–Kier alpha value is -0.450. The molecule has 0 fully saturated rings. The molecule has 4 heteroatoms. The molecule has 1 aromatic carbocycles. The lowest BCUT2D eigenvalue weighted by molar-refractivity contribution is 0.0610. The summed E-state index contributed by atoms with van der Waals surface area (Å²) in [6.45, 7) is 7.64. The van der Waals surface area contributed by atoms with Crippen LogP contribution >= 0.6 is 15.9 Å². The smallest absolute Gasteiger partial charge is 0.124 e. The molecule has 0 saturated carbocycles. The number of hydrogen-bond acceptors (Lipinski definition) is 2. The summed E-state index contributed by atoms with van der Waals surface area (Å²) in [4.78, 5) is 0. The lowest BCUT2D eigenvalue weighted by atomic mass is 10.1. The van der Waals surface area contributed by atoms with Crippen LogP contribution in [0.15, 0.2) is 22.7 Å². The number of halogens is 2. The predicted molar refractivity (Wildman–Crippen MR) is 76.2 cm³/mol. The molecule has 102 valence electrons. The molecule has 0 amide bonds. The first-order chi connectivity index (χ1) is 8.54. The van der Waals surface area contributed by atoms with E-state index in [1.807, 2.05) is 13.8 Å². The van der Waals surface area contributed by atoms with Crippen LogP contribution in [0.25, 0.3) is 0 Å². The Labute approximate surface area is 117 Å². The first-order valence-electron chi connectivity index (χ1n) is 6.34. The molecule has 0 saturated heterocycles. The third-order valence-corrected chi connectivity index (χ3v) is 3.26. The number of benzene rings is 1. The van der Waals surface area contributed by atoms with E-state index in [9.17, 15) is 4.39 Å². The van der Waals surface area contributed by atoms with E-state index < -0.39 is 0 Å². The van der Waals surface area contributed by atoms with Gasteiger partial charge in [-0.25, -0.2) is 4.39 Å². The van der Waals surface area contributed by atoms with Gasteiger partial charge in [-0.15, -0.1) is 0 Å². The molecule has 0 aliphatic carbocycles. The first kappa shape index (κ1) is 15.6. The largest absolute Gasteiger partial charge is 0.377 e. The van der Waals surface area contributed by atoms with E-state index in [-0.39, 0.29) is 18.0 Å². The van der Waals surface area contributed by atoms with Gasteiger partial charge in [-0.1, -0.05) is 28.9 Å². The van der Waals surface area contributed by atoms with Crippen LogP contribution in [0.4, 0.5) is 4.39 Å². The maximum atomic E-state index is 13.1. The predicted octanol–water partition coefficient (Wildman–Crippen LogP) is 4.05. The second-order valence-corrected chi connectivity index (χ2v) is 5.41. The van der Waals surface area contributed by atoms with E-state index >= 15 is 0 Å². The van der Waals surface area contributed by atoms with Gasteiger partial charge in [0.05, 0.1) is 18.8 Å². The van der Waals surface area contributed by atoms with Gasteiger partial charge in [0.25, 0.3) is 0 Å². The van der Waals surface area contributed by atoms with Crippen molar-refractivity contribution in [1.82, 2.24) is 5.32 Å². The Morgan fingerprint density at radius 1 is 1.39 bits per heavy atom. The molecule has 0 spiro atoms. The minimum atomic E-state index is -0.232. The van der Waals surface area contributed by atoms with Crippen LogP contribution < -0.4 is 5.32 Å². The van der Waals surface area contributed by atoms with Gasteiger partial charge in [-0.2, -0.15) is 0 Å². The lowest BCUT2D eigenvalue weighted by Gasteiger charge is -2.21. The van der Waals surface area contributed by atoms with Crippen molar-refractivity contribution in [2.24, 2.45) is 0 Å². The minimum Gasteiger partial charge on any atom is -0.377 e. The monoisotopic (exact) mass is 317 g/mol. The standard InChI is InChI=1S/C14H21BrFNO/c1-4-7-17-14(9-18-10(2)3)12-6-5-11(16)8-13(12)15/h5-6,8,10,14,17H,4,7,9H2,1-3H3. The second-order valence-electron chi connectivity index (χ2n) is 4.55. The summed E-state index contributed by atoms with van der Waals surface area (Å²) in [5, 5.41) is 3.42. The molecule has 1 unspecified atom stereocenters. The van der Waals surface area contributed by atoms with Crippen LogP contribution in [-0.2, 0) is 4.74 Å². The topological polar surface area (TPSA) is 21.3 Å². The molecular formula is C14H21BrFNO. The molecule has 0 heterocycles. The van der Waals surface area contributed by atoms with Crippen LogP contribution in [0.2, 0.25) is 0 Å². The molecule has 1 rings (SSSR count). The highest BCUT2D eigenvalue weighted by atomic mass is 79.9. The van der Waals surface area contributed by atoms with E-state index in [1.54, 1.807) is 6.07 Å². The molecule has 1 atom stereocenters. The first-order valence-corrected chi connectivity index (χ1v) is 7.13. The van der Waals surface area contributed by atoms with Crippen molar-refractivity contribution in [3.05, 3.63) is 34.1 Å². The minimum absolute atomic E-state index is 0.0855. The molecule has 0 radical (unpaired) electrons. The zero-order valence-electron chi connectivity index (χ0n) is 11.2. The molecule has 1 aromatic rings. The summed E-state index contributed by atoms with van der Waals surface area (Å²) in [6, 6.07) is 4.86. The van der Waals surface area contributed by atoms with E-state index in [1.165, 1.54) is 12.1 Å². The summed E-state index contributed by atoms with van der Waals surface area (Å²) < 4.78 is 19.5. The fourth-order valence-electron chi connectivity index (χ4n) is 1.65. The van der Waals surface area contributed by atoms with Crippen molar-refractivity contribution in [3.63, 3.8) is 0 Å². The van der Waals surface area contributed by atoms with E-state index in [2.05, 4.69) is 28.2 Å². The van der Waals surface area contributed by atoms with Gasteiger partial charge in [-0.05, 0) is 44.5 Å². The van der Waals surface area contributed by atoms with E-state index in [4.69, 9.17) is 4.74 Å². The lowest BCUT2D eigenvalue weighted by Crippen LogP contribution is -2.27. The fraction of sp³-hybridized carbons (Fsp3) is 0.571. The zero-order chi connectivity index (χ0) is 13.5. The Kier molecular flexibility index (Phi) is 6.82. The highest BCUT2D eigenvalue weighted by molar-refractivity contribution is 9.10. The average Bonchev–Trinajstić information content (AvgIpc) is 2.30. The van der Waals surface area contributed by atoms with Crippen molar-refractivity contribution in [2.45, 2.75) is 39.3 Å². The van der Waals surface area contributed by atoms with Crippen molar-refractivity contribution in [3.8, 4) is 0 Å². The quantitative estimate of drug-likeness (QED) is 0.819. The zero-order valence-corrected chi connectivity index (χ0v) is 12.8. The Morgan fingerprint density at radius 2 is 2.11 bits per heavy atom. The summed E-state index contributed by atoms with van der Waals surface area (Å²) in [5.41, 5.74) is 1.03. The maximum Gasteiger partial charge on any atom is 0.124 e. The number of hydrogen-bond donors (Lipinski definition) is 1. The third-order valence-electron chi connectivity index (χ3n) is 2.57. The summed E-state index contributed by atoms with van der Waals surface area (Å²) in [6.07, 6.45) is 1.24. The SMILES string of the molecule is CCCNC(COC(C)C)c1ccc(F)cc1Br. The van der Waals surface area contributed by atoms with Crippen molar-refractivity contribution >= 4 is 15.9 Å². The molecule has 0 aliphatic rings. The normalized spacial score (nSPS) is 13.0. The summed E-state index contributed by atoms with van der Waals surface area (Å²) in [5.74, 6) is -0.232. The van der Waals surface area contributed by atoms with Gasteiger partial charge >= 0.3 is 0 Å². The third kappa shape index (κ3) is 5.04. The van der Waals surface area contributed by atoms with Crippen LogP contribution in [0, 0.1) is 5.82 Å². The van der Waals surface area contributed by atoms with Gasteiger partial charge in [0.1, 0.15) is 5.82 Å². The fourth-order valence-corrected chi connectivity index (χ4v) is 2.28. The Bertz CT molecular complexity index is 371. The molecule has 18 heavy (non-hydrogen) atoms. The molecule has 0 aromatic heterocycles. The van der Waals surface area contributed by atoms with Crippen molar-refractivity contribution in [1.29, 1.82) is 0 Å².